The minimum Gasteiger partial charge on any atom is -0.358 e. The number of para-hydroxylation sites is 1. The van der Waals surface area contributed by atoms with Crippen LogP contribution in [0.4, 0.5) is 5.69 Å². The monoisotopic (exact) mass is 394 g/mol. The minimum atomic E-state index is -0.0503. The largest absolute Gasteiger partial charge is 0.358 e. The number of aromatic nitrogens is 1. The summed E-state index contributed by atoms with van der Waals surface area (Å²) in [6, 6.07) is 7.77. The number of hydrogen-bond acceptors (Lipinski definition) is 2. The number of benzene rings is 1. The highest BCUT2D eigenvalue weighted by atomic mass is 16.2. The quantitative estimate of drug-likeness (QED) is 0.326. The predicted molar refractivity (Wildman–Crippen MR) is 124 cm³/mol. The maximum atomic E-state index is 12.5. The number of ketones is 1. The van der Waals surface area contributed by atoms with Crippen LogP contribution in [0, 0.1) is 6.92 Å². The van der Waals surface area contributed by atoms with Crippen LogP contribution in [0.5, 0.6) is 0 Å². The first-order chi connectivity index (χ1) is 14.1. The van der Waals surface area contributed by atoms with E-state index in [1.165, 1.54) is 0 Å². The first kappa shape index (κ1) is 24.2. The fourth-order valence-electron chi connectivity index (χ4n) is 3.89. The summed E-state index contributed by atoms with van der Waals surface area (Å²) in [6.45, 7) is 17.5. The standard InChI is InChI=1S/C19H18N2O2.2C2H6.C2H4/c1-10-16(11(2)22)13-7-5-8-14(18(13)20-10)17-12-6-3-4-9-15(12)21-19(17)23;3*1-2/h3-4,6,9,20H,5,7-8H2,1-2H3,(H,21,23);2*1-2H3;1-2H2/b17-14-;;;. The number of H-pyrrole nitrogens is 1. The molecule has 2 aliphatic rings. The number of allylic oxidation sites excluding steroid dienone is 1. The summed E-state index contributed by atoms with van der Waals surface area (Å²) in [7, 11) is 0. The van der Waals surface area contributed by atoms with Crippen molar-refractivity contribution in [3.8, 4) is 0 Å². The molecule has 156 valence electrons. The van der Waals surface area contributed by atoms with E-state index in [0.717, 1.165) is 64.2 Å². The molecule has 0 radical (unpaired) electrons. The number of aryl methyl sites for hydroxylation is 1. The molecule has 0 saturated carbocycles. The Bertz CT molecular complexity index is 904. The third kappa shape index (κ3) is 4.58. The number of hydrogen-bond donors (Lipinski definition) is 2. The molecule has 0 spiro atoms. The number of rotatable bonds is 1. The molecule has 2 N–H and O–H groups in total. The molecular weight excluding hydrogens is 360 g/mol. The van der Waals surface area contributed by atoms with E-state index in [0.29, 0.717) is 0 Å². The molecule has 1 aromatic heterocycles. The summed E-state index contributed by atoms with van der Waals surface area (Å²) in [4.78, 5) is 27.9. The number of nitrogens with one attached hydrogen (secondary N) is 2. The first-order valence-electron chi connectivity index (χ1n) is 10.4. The predicted octanol–water partition coefficient (Wildman–Crippen LogP) is 6.58. The number of fused-ring (bicyclic) bond motifs is 2. The average molecular weight is 395 g/mol. The summed E-state index contributed by atoms with van der Waals surface area (Å²) >= 11 is 0. The Morgan fingerprint density at radius 3 is 2.28 bits per heavy atom. The highest BCUT2D eigenvalue weighted by Crippen LogP contribution is 2.42. The summed E-state index contributed by atoms with van der Waals surface area (Å²) < 4.78 is 0. The van der Waals surface area contributed by atoms with Gasteiger partial charge in [0.1, 0.15) is 0 Å². The second-order valence-corrected chi connectivity index (χ2v) is 6.24. The Kier molecular flexibility index (Phi) is 9.33. The van der Waals surface area contributed by atoms with Gasteiger partial charge in [0.25, 0.3) is 5.91 Å². The van der Waals surface area contributed by atoms with Crippen molar-refractivity contribution in [1.29, 1.82) is 0 Å². The smallest absolute Gasteiger partial charge is 0.256 e. The molecule has 0 saturated heterocycles. The lowest BCUT2D eigenvalue weighted by Crippen LogP contribution is -2.10. The molecule has 1 amide bonds. The SMILES string of the molecule is C=C.CC.CC.CC(=O)c1c(C)[nH]c2c1CCC/C2=C1/C(=O)Nc2ccccc21. The lowest BCUT2D eigenvalue weighted by atomic mass is 9.85. The Morgan fingerprint density at radius 2 is 1.66 bits per heavy atom. The zero-order valence-corrected chi connectivity index (χ0v) is 18.7. The molecular formula is C25H34N2O2. The lowest BCUT2D eigenvalue weighted by Gasteiger charge is -2.18. The first-order valence-corrected chi connectivity index (χ1v) is 10.4. The van der Waals surface area contributed by atoms with Gasteiger partial charge < -0.3 is 10.3 Å². The number of aromatic amines is 1. The van der Waals surface area contributed by atoms with Crippen LogP contribution in [-0.2, 0) is 11.2 Å². The number of anilines is 1. The van der Waals surface area contributed by atoms with Crippen LogP contribution in [0.25, 0.3) is 11.1 Å². The average Bonchev–Trinajstić information content (AvgIpc) is 3.27. The van der Waals surface area contributed by atoms with Crippen molar-refractivity contribution >= 4 is 28.5 Å². The van der Waals surface area contributed by atoms with Crippen molar-refractivity contribution in [2.75, 3.05) is 5.32 Å². The molecule has 4 nitrogen and oxygen atoms in total. The van der Waals surface area contributed by atoms with E-state index in [-0.39, 0.29) is 11.7 Å². The van der Waals surface area contributed by atoms with E-state index in [2.05, 4.69) is 23.5 Å². The Morgan fingerprint density at radius 1 is 1.03 bits per heavy atom. The zero-order valence-electron chi connectivity index (χ0n) is 18.7. The van der Waals surface area contributed by atoms with E-state index in [4.69, 9.17) is 0 Å². The van der Waals surface area contributed by atoms with Crippen LogP contribution in [0.2, 0.25) is 0 Å². The Labute approximate surface area is 175 Å². The van der Waals surface area contributed by atoms with Crippen LogP contribution in [0.3, 0.4) is 0 Å². The zero-order chi connectivity index (χ0) is 22.1. The molecule has 2 heterocycles. The van der Waals surface area contributed by atoms with Crippen molar-refractivity contribution in [2.45, 2.75) is 60.8 Å². The van der Waals surface area contributed by atoms with Crippen LogP contribution in [0.1, 0.15) is 80.3 Å². The topological polar surface area (TPSA) is 62.0 Å². The van der Waals surface area contributed by atoms with Gasteiger partial charge in [0.2, 0.25) is 0 Å². The second-order valence-electron chi connectivity index (χ2n) is 6.24. The van der Waals surface area contributed by atoms with Crippen molar-refractivity contribution in [2.24, 2.45) is 0 Å². The summed E-state index contributed by atoms with van der Waals surface area (Å²) in [5.41, 5.74) is 7.33. The molecule has 0 unspecified atom stereocenters. The highest BCUT2D eigenvalue weighted by Gasteiger charge is 2.32. The molecule has 1 aromatic carbocycles. The van der Waals surface area contributed by atoms with E-state index >= 15 is 0 Å². The van der Waals surface area contributed by atoms with E-state index in [1.54, 1.807) is 6.92 Å². The van der Waals surface area contributed by atoms with Gasteiger partial charge in [-0.05, 0) is 50.3 Å². The van der Waals surface area contributed by atoms with Gasteiger partial charge in [0.15, 0.2) is 5.78 Å². The van der Waals surface area contributed by atoms with E-state index in [1.807, 2.05) is 58.9 Å². The maximum Gasteiger partial charge on any atom is 0.256 e. The number of amides is 1. The van der Waals surface area contributed by atoms with Gasteiger partial charge in [-0.2, -0.15) is 0 Å². The molecule has 29 heavy (non-hydrogen) atoms. The molecule has 0 bridgehead atoms. The highest BCUT2D eigenvalue weighted by molar-refractivity contribution is 6.36. The van der Waals surface area contributed by atoms with Crippen molar-refractivity contribution < 1.29 is 9.59 Å². The second kappa shape index (κ2) is 11.2. The van der Waals surface area contributed by atoms with Crippen molar-refractivity contribution in [1.82, 2.24) is 4.98 Å². The summed E-state index contributed by atoms with van der Waals surface area (Å²) in [5, 5.41) is 2.94. The van der Waals surface area contributed by atoms with Crippen molar-refractivity contribution in [3.63, 3.8) is 0 Å². The molecule has 4 heteroatoms. The molecule has 0 fully saturated rings. The molecule has 0 atom stereocenters. The number of carbonyl (C=O) groups is 2. The molecule has 2 aromatic rings. The van der Waals surface area contributed by atoms with Gasteiger partial charge in [-0.3, -0.25) is 9.59 Å². The van der Waals surface area contributed by atoms with Gasteiger partial charge in [-0.1, -0.05) is 45.9 Å². The maximum absolute atomic E-state index is 12.5. The normalized spacial score (nSPS) is 15.9. The van der Waals surface area contributed by atoms with Gasteiger partial charge in [0.05, 0.1) is 5.57 Å². The third-order valence-corrected chi connectivity index (χ3v) is 4.77. The summed E-state index contributed by atoms with van der Waals surface area (Å²) in [6.07, 6.45) is 2.69. The molecule has 1 aliphatic heterocycles. The lowest BCUT2D eigenvalue weighted by molar-refractivity contribution is -0.110. The van der Waals surface area contributed by atoms with Crippen LogP contribution in [0.15, 0.2) is 37.4 Å². The fraction of sp³-hybridized carbons (Fsp3) is 0.360. The van der Waals surface area contributed by atoms with Crippen molar-refractivity contribution in [3.05, 3.63) is 65.5 Å². The van der Waals surface area contributed by atoms with Crippen LogP contribution in [-0.4, -0.2) is 16.7 Å². The van der Waals surface area contributed by atoms with E-state index < -0.39 is 0 Å². The Hall–Kier alpha value is -2.88. The van der Waals surface area contributed by atoms with Crippen LogP contribution < -0.4 is 5.32 Å². The van der Waals surface area contributed by atoms with Gasteiger partial charge >= 0.3 is 0 Å². The fourth-order valence-corrected chi connectivity index (χ4v) is 3.89. The van der Waals surface area contributed by atoms with Gasteiger partial charge in [-0.25, -0.2) is 0 Å². The summed E-state index contributed by atoms with van der Waals surface area (Å²) in [5.74, 6) is 0.0354. The van der Waals surface area contributed by atoms with Gasteiger partial charge in [-0.15, -0.1) is 13.2 Å². The third-order valence-electron chi connectivity index (χ3n) is 4.77. The van der Waals surface area contributed by atoms with E-state index in [9.17, 15) is 9.59 Å². The van der Waals surface area contributed by atoms with Gasteiger partial charge in [0, 0.05) is 28.2 Å². The number of Topliss-reactive ketones (excluding diaryl/α,β-unsaturated/α-hetero) is 1. The number of carbonyl (C=O) groups excluding carboxylic acids is 2. The minimum absolute atomic E-state index is 0.0503. The Balaban J connectivity index is 0.000000644. The molecule has 1 aliphatic carbocycles. The molecule has 4 rings (SSSR count). The van der Waals surface area contributed by atoms with Crippen LogP contribution >= 0.6 is 0 Å².